The predicted molar refractivity (Wildman–Crippen MR) is 55.7 cm³/mol. The summed E-state index contributed by atoms with van der Waals surface area (Å²) in [5.74, 6) is 0. The number of aryl methyl sites for hydroxylation is 1. The van der Waals surface area contributed by atoms with Gasteiger partial charge in [-0.25, -0.2) is 9.78 Å². The molecule has 0 fully saturated rings. The van der Waals surface area contributed by atoms with Crippen molar-refractivity contribution in [2.24, 2.45) is 0 Å². The molecule has 0 spiro atoms. The Balaban J connectivity index is 2.38. The molecular weight excluding hydrogens is 198 g/mol. The van der Waals surface area contributed by atoms with Crippen LogP contribution in [0.25, 0.3) is 0 Å². The quantitative estimate of drug-likeness (QED) is 0.815. The average molecular weight is 209 g/mol. The van der Waals surface area contributed by atoms with Crippen molar-refractivity contribution in [1.29, 1.82) is 0 Å². The van der Waals surface area contributed by atoms with E-state index in [-0.39, 0.29) is 11.7 Å². The molecular formula is C9H11N3OS. The fourth-order valence-electron chi connectivity index (χ4n) is 1.32. The Morgan fingerprint density at radius 3 is 2.93 bits per heavy atom. The van der Waals surface area contributed by atoms with E-state index in [0.29, 0.717) is 0 Å². The normalized spacial score (nSPS) is 13.0. The third kappa shape index (κ3) is 1.50. The summed E-state index contributed by atoms with van der Waals surface area (Å²) in [5, 5.41) is 2.95. The van der Waals surface area contributed by atoms with Crippen LogP contribution in [0.5, 0.6) is 0 Å². The third-order valence-corrected chi connectivity index (χ3v) is 3.22. The molecule has 0 radical (unpaired) electrons. The molecule has 2 aromatic heterocycles. The van der Waals surface area contributed by atoms with Crippen molar-refractivity contribution in [3.63, 3.8) is 0 Å². The van der Waals surface area contributed by atoms with Gasteiger partial charge in [-0.15, -0.1) is 11.3 Å². The van der Waals surface area contributed by atoms with Gasteiger partial charge in [-0.05, 0) is 13.8 Å². The molecule has 14 heavy (non-hydrogen) atoms. The first-order valence-electron chi connectivity index (χ1n) is 4.36. The van der Waals surface area contributed by atoms with E-state index in [9.17, 15) is 4.79 Å². The molecule has 0 saturated heterocycles. The molecule has 1 N–H and O–H groups in total. The number of nitrogens with zero attached hydrogens (tertiary/aromatic N) is 2. The summed E-state index contributed by atoms with van der Waals surface area (Å²) in [6, 6.07) is 0.00690. The van der Waals surface area contributed by atoms with Gasteiger partial charge in [0, 0.05) is 23.5 Å². The zero-order chi connectivity index (χ0) is 10.1. The van der Waals surface area contributed by atoms with Gasteiger partial charge in [-0.3, -0.25) is 4.57 Å². The Kier molecular flexibility index (Phi) is 2.25. The largest absolute Gasteiger partial charge is 0.326 e. The molecule has 1 unspecified atom stereocenters. The molecule has 2 aromatic rings. The summed E-state index contributed by atoms with van der Waals surface area (Å²) in [6.07, 6.45) is 3.38. The second kappa shape index (κ2) is 3.42. The zero-order valence-electron chi connectivity index (χ0n) is 8.02. The van der Waals surface area contributed by atoms with Crippen molar-refractivity contribution >= 4 is 11.3 Å². The number of nitrogens with one attached hydrogen (secondary N) is 1. The van der Waals surface area contributed by atoms with Gasteiger partial charge in [0.1, 0.15) is 5.01 Å². The van der Waals surface area contributed by atoms with Gasteiger partial charge in [0.15, 0.2) is 0 Å². The number of aromatic nitrogens is 3. The highest BCUT2D eigenvalue weighted by atomic mass is 32.1. The van der Waals surface area contributed by atoms with Crippen molar-refractivity contribution in [2.45, 2.75) is 19.9 Å². The monoisotopic (exact) mass is 209 g/mol. The summed E-state index contributed by atoms with van der Waals surface area (Å²) >= 11 is 1.58. The fraction of sp³-hybridized carbons (Fsp3) is 0.333. The van der Waals surface area contributed by atoms with Gasteiger partial charge in [0.2, 0.25) is 0 Å². The number of imidazole rings is 1. The Morgan fingerprint density at radius 2 is 2.43 bits per heavy atom. The molecule has 74 valence electrons. The van der Waals surface area contributed by atoms with E-state index in [0.717, 1.165) is 10.7 Å². The predicted octanol–water partition coefficient (Wildman–Crippen LogP) is 1.55. The Hall–Kier alpha value is -1.36. The Labute approximate surface area is 85.2 Å². The lowest BCUT2D eigenvalue weighted by molar-refractivity contribution is 0.612. The maximum absolute atomic E-state index is 11.3. The first-order valence-corrected chi connectivity index (χ1v) is 5.24. The van der Waals surface area contributed by atoms with Crippen LogP contribution in [0.3, 0.4) is 0 Å². The first kappa shape index (κ1) is 9.21. The number of H-pyrrole nitrogens is 1. The second-order valence-corrected chi connectivity index (χ2v) is 4.07. The highest BCUT2D eigenvalue weighted by Crippen LogP contribution is 2.19. The number of hydrogen-bond acceptors (Lipinski definition) is 3. The molecule has 0 bridgehead atoms. The van der Waals surface area contributed by atoms with Crippen molar-refractivity contribution in [2.75, 3.05) is 0 Å². The number of aromatic amines is 1. The van der Waals surface area contributed by atoms with E-state index in [2.05, 4.69) is 9.97 Å². The molecule has 0 aliphatic heterocycles. The van der Waals surface area contributed by atoms with Gasteiger partial charge in [0.25, 0.3) is 0 Å². The van der Waals surface area contributed by atoms with E-state index in [4.69, 9.17) is 0 Å². The molecule has 5 heteroatoms. The first-order chi connectivity index (χ1) is 6.68. The third-order valence-electron chi connectivity index (χ3n) is 2.09. The smallest absolute Gasteiger partial charge is 0.313 e. The minimum atomic E-state index is -0.0923. The maximum atomic E-state index is 11.3. The highest BCUT2D eigenvalue weighted by molar-refractivity contribution is 7.09. The van der Waals surface area contributed by atoms with E-state index in [1.807, 2.05) is 19.2 Å². The molecule has 2 heterocycles. The molecule has 1 atom stereocenters. The van der Waals surface area contributed by atoms with E-state index in [1.54, 1.807) is 28.3 Å². The molecule has 0 aliphatic carbocycles. The summed E-state index contributed by atoms with van der Waals surface area (Å²) in [4.78, 5) is 18.3. The van der Waals surface area contributed by atoms with Crippen molar-refractivity contribution in [1.82, 2.24) is 14.5 Å². The van der Waals surface area contributed by atoms with Gasteiger partial charge in [-0.1, -0.05) is 0 Å². The van der Waals surface area contributed by atoms with Crippen LogP contribution in [0, 0.1) is 6.92 Å². The lowest BCUT2D eigenvalue weighted by atomic mass is 10.3. The van der Waals surface area contributed by atoms with Crippen LogP contribution in [0.1, 0.15) is 23.7 Å². The molecule has 4 nitrogen and oxygen atoms in total. The summed E-state index contributed by atoms with van der Waals surface area (Å²) < 4.78 is 1.64. The van der Waals surface area contributed by atoms with Crippen LogP contribution in [0.2, 0.25) is 0 Å². The minimum Gasteiger partial charge on any atom is -0.313 e. The Morgan fingerprint density at radius 1 is 1.64 bits per heavy atom. The van der Waals surface area contributed by atoms with Crippen LogP contribution in [-0.4, -0.2) is 14.5 Å². The van der Waals surface area contributed by atoms with Gasteiger partial charge in [0.05, 0.1) is 6.04 Å². The maximum Gasteiger partial charge on any atom is 0.326 e. The summed E-state index contributed by atoms with van der Waals surface area (Å²) in [6.45, 7) is 3.92. The SMILES string of the molecule is Cc1csc(C(C)n2cc[nH]c2=O)n1. The standard InChI is InChI=1S/C9H11N3OS/c1-6-5-14-8(11-6)7(2)12-4-3-10-9(12)13/h3-5,7H,1-2H3,(H,10,13). The molecule has 0 aromatic carbocycles. The molecule has 0 amide bonds. The van der Waals surface area contributed by atoms with Gasteiger partial charge < -0.3 is 4.98 Å². The average Bonchev–Trinajstić information content (AvgIpc) is 2.73. The lowest BCUT2D eigenvalue weighted by Crippen LogP contribution is -2.20. The van der Waals surface area contributed by atoms with E-state index >= 15 is 0 Å². The van der Waals surface area contributed by atoms with E-state index < -0.39 is 0 Å². The Bertz CT molecular complexity index is 482. The minimum absolute atomic E-state index is 0.00690. The van der Waals surface area contributed by atoms with Gasteiger partial charge >= 0.3 is 5.69 Å². The highest BCUT2D eigenvalue weighted by Gasteiger charge is 2.12. The summed E-state index contributed by atoms with van der Waals surface area (Å²) in [5.41, 5.74) is 0.908. The lowest BCUT2D eigenvalue weighted by Gasteiger charge is -2.07. The molecule has 0 saturated carbocycles. The van der Waals surface area contributed by atoms with Crippen LogP contribution < -0.4 is 5.69 Å². The van der Waals surface area contributed by atoms with Crippen LogP contribution in [-0.2, 0) is 0 Å². The zero-order valence-corrected chi connectivity index (χ0v) is 8.84. The fourth-order valence-corrected chi connectivity index (χ4v) is 2.17. The van der Waals surface area contributed by atoms with Crippen LogP contribution >= 0.6 is 11.3 Å². The number of hydrogen-bond donors (Lipinski definition) is 1. The van der Waals surface area contributed by atoms with Crippen molar-refractivity contribution < 1.29 is 0 Å². The number of rotatable bonds is 2. The van der Waals surface area contributed by atoms with Crippen LogP contribution in [0.4, 0.5) is 0 Å². The van der Waals surface area contributed by atoms with Crippen LogP contribution in [0.15, 0.2) is 22.6 Å². The summed E-state index contributed by atoms with van der Waals surface area (Å²) in [7, 11) is 0. The molecule has 2 rings (SSSR count). The van der Waals surface area contributed by atoms with E-state index in [1.165, 1.54) is 0 Å². The van der Waals surface area contributed by atoms with Gasteiger partial charge in [-0.2, -0.15) is 0 Å². The van der Waals surface area contributed by atoms with Crippen molar-refractivity contribution in [3.05, 3.63) is 39.0 Å². The molecule has 0 aliphatic rings. The second-order valence-electron chi connectivity index (χ2n) is 3.18. The van der Waals surface area contributed by atoms with Crippen molar-refractivity contribution in [3.8, 4) is 0 Å². The number of thiazole rings is 1. The topological polar surface area (TPSA) is 50.7 Å².